The normalized spacial score (nSPS) is 12.2. The molecule has 8 nitrogen and oxygen atoms in total. The van der Waals surface area contributed by atoms with Crippen LogP contribution in [0.2, 0.25) is 0 Å². The number of aromatic nitrogens is 2. The van der Waals surface area contributed by atoms with Crippen molar-refractivity contribution < 1.29 is 9.90 Å². The first-order valence-corrected chi connectivity index (χ1v) is 15.2. The molecule has 3 aromatic rings. The van der Waals surface area contributed by atoms with Crippen molar-refractivity contribution in [1.29, 1.82) is 5.26 Å². The van der Waals surface area contributed by atoms with E-state index in [0.29, 0.717) is 17.4 Å². The van der Waals surface area contributed by atoms with Gasteiger partial charge in [-0.25, -0.2) is 9.99 Å². The first-order chi connectivity index (χ1) is 19.7. The van der Waals surface area contributed by atoms with E-state index in [-0.39, 0.29) is 21.4 Å². The average Bonchev–Trinajstić information content (AvgIpc) is 3.35. The number of carbonyl (C=O) groups excluding carboxylic acids is 1. The molecule has 0 fully saturated rings. The third kappa shape index (κ3) is 7.29. The van der Waals surface area contributed by atoms with E-state index >= 15 is 0 Å². The molecule has 0 aliphatic heterocycles. The highest BCUT2D eigenvalue weighted by atomic mass is 32.1. The van der Waals surface area contributed by atoms with Crippen LogP contribution < -0.4 is 25.9 Å². The summed E-state index contributed by atoms with van der Waals surface area (Å²) >= 11 is 1.50. The van der Waals surface area contributed by atoms with Crippen LogP contribution in [0.1, 0.15) is 87.8 Å². The Morgan fingerprint density at radius 3 is 2.21 bits per heavy atom. The van der Waals surface area contributed by atoms with Crippen LogP contribution in [0.4, 0.5) is 5.13 Å². The molecule has 2 aromatic heterocycles. The van der Waals surface area contributed by atoms with Gasteiger partial charge in [-0.3, -0.25) is 9.59 Å². The number of carbonyl (C=O) groups is 1. The summed E-state index contributed by atoms with van der Waals surface area (Å²) in [5, 5.41) is 23.0. The summed E-state index contributed by atoms with van der Waals surface area (Å²) in [6.45, 7) is 20.8. The summed E-state index contributed by atoms with van der Waals surface area (Å²) in [5.41, 5.74) is -0.00969. The number of aromatic hydroxyl groups is 1. The average molecular weight is 590 g/mol. The van der Waals surface area contributed by atoms with E-state index in [0.717, 1.165) is 51.3 Å². The largest absolute Gasteiger partial charge is 0.492 e. The Hall–Kier alpha value is -3.90. The van der Waals surface area contributed by atoms with Gasteiger partial charge >= 0.3 is 0 Å². The fourth-order valence-corrected chi connectivity index (χ4v) is 5.74. The second-order valence-electron chi connectivity index (χ2n) is 12.5. The van der Waals surface area contributed by atoms with Crippen LogP contribution in [-0.2, 0) is 5.41 Å². The first-order valence-electron chi connectivity index (χ1n) is 14.4. The van der Waals surface area contributed by atoms with Gasteiger partial charge in [-0.2, -0.15) is 9.94 Å². The van der Waals surface area contributed by atoms with E-state index in [9.17, 15) is 20.0 Å². The standard InChI is InChI=1S/C33H43N5O3S/c1-21(2)15-17-37(18-16-22(3)4)32-35-28(33(6,7)8)27(42-32)19-25-23(5)26(20-34)31(41)38(30(25)40)36(9)29(39)24-13-11-10-12-14-24/h10-14,19,21-22,41H,5,15-18H2,1-4,6-9H3/b25-19-. The van der Waals surface area contributed by atoms with Crippen LogP contribution in [0.15, 0.2) is 35.1 Å². The molecule has 9 heteroatoms. The minimum absolute atomic E-state index is 0.100. The fourth-order valence-electron chi connectivity index (χ4n) is 4.47. The molecule has 1 N–H and O–H groups in total. The van der Waals surface area contributed by atoms with E-state index in [1.54, 1.807) is 36.4 Å². The summed E-state index contributed by atoms with van der Waals surface area (Å²) in [4.78, 5) is 35.3. The van der Waals surface area contributed by atoms with E-state index in [1.807, 2.05) is 6.07 Å². The van der Waals surface area contributed by atoms with Crippen molar-refractivity contribution in [3.63, 3.8) is 0 Å². The van der Waals surface area contributed by atoms with Crippen LogP contribution in [-0.4, -0.2) is 40.8 Å². The summed E-state index contributed by atoms with van der Waals surface area (Å²) in [7, 11) is 1.39. The van der Waals surface area contributed by atoms with E-state index in [2.05, 4.69) is 59.9 Å². The zero-order valence-corrected chi connectivity index (χ0v) is 26.9. The quantitative estimate of drug-likeness (QED) is 0.367. The molecular formula is C33H43N5O3S. The third-order valence-corrected chi connectivity index (χ3v) is 8.11. The molecule has 0 saturated heterocycles. The van der Waals surface area contributed by atoms with Crippen LogP contribution in [0, 0.1) is 23.2 Å². The maximum Gasteiger partial charge on any atom is 0.280 e. The highest BCUT2D eigenvalue weighted by molar-refractivity contribution is 7.16. The van der Waals surface area contributed by atoms with Gasteiger partial charge in [0.1, 0.15) is 11.6 Å². The number of nitrogens with zero attached hydrogens (tertiary/aromatic N) is 5. The fraction of sp³-hybridized carbons (Fsp3) is 0.455. The number of thiazole rings is 1. The lowest BCUT2D eigenvalue weighted by molar-refractivity contribution is 0.0961. The molecular weight excluding hydrogens is 546 g/mol. The number of pyridine rings is 1. The van der Waals surface area contributed by atoms with E-state index in [1.165, 1.54) is 18.4 Å². The van der Waals surface area contributed by atoms with Crippen molar-refractivity contribution >= 4 is 35.0 Å². The van der Waals surface area contributed by atoms with Crippen LogP contribution in [0.25, 0.3) is 12.7 Å². The number of hydrogen-bond donors (Lipinski definition) is 1. The third-order valence-electron chi connectivity index (χ3n) is 7.05. The second-order valence-corrected chi connectivity index (χ2v) is 13.5. The zero-order chi connectivity index (χ0) is 31.4. The van der Waals surface area contributed by atoms with Crippen LogP contribution >= 0.6 is 11.3 Å². The molecule has 0 atom stereocenters. The van der Waals surface area contributed by atoms with Gasteiger partial charge in [-0.1, -0.05) is 84.6 Å². The number of anilines is 1. The Morgan fingerprint density at radius 2 is 1.71 bits per heavy atom. The number of hydrogen-bond acceptors (Lipinski definition) is 7. The first kappa shape index (κ1) is 32.6. The summed E-state index contributed by atoms with van der Waals surface area (Å²) < 4.78 is 0.838. The SMILES string of the molecule is C=c1c(C#N)c(O)n(N(C)C(=O)c2ccccc2)c(=O)/c1=C\c1sc(N(CCC(C)C)CCC(C)C)nc1C(C)(C)C. The molecule has 1 amide bonds. The lowest BCUT2D eigenvalue weighted by atomic mass is 9.91. The van der Waals surface area contributed by atoms with Crippen molar-refractivity contribution in [2.24, 2.45) is 11.8 Å². The molecule has 0 aliphatic carbocycles. The molecule has 0 radical (unpaired) electrons. The van der Waals surface area contributed by atoms with Crippen molar-refractivity contribution in [3.05, 3.63) is 72.8 Å². The Kier molecular flexibility index (Phi) is 10.4. The molecule has 42 heavy (non-hydrogen) atoms. The molecule has 0 bridgehead atoms. The minimum Gasteiger partial charge on any atom is -0.492 e. The Morgan fingerprint density at radius 1 is 1.14 bits per heavy atom. The van der Waals surface area contributed by atoms with E-state index in [4.69, 9.17) is 4.98 Å². The predicted octanol–water partition coefficient (Wildman–Crippen LogP) is 4.73. The maximum absolute atomic E-state index is 13.9. The van der Waals surface area contributed by atoms with Crippen molar-refractivity contribution in [2.45, 2.75) is 66.7 Å². The monoisotopic (exact) mass is 589 g/mol. The summed E-state index contributed by atoms with van der Waals surface area (Å²) in [6, 6.07) is 10.4. The van der Waals surface area contributed by atoms with Crippen molar-refractivity contribution in [1.82, 2.24) is 9.66 Å². The van der Waals surface area contributed by atoms with Crippen LogP contribution in [0.5, 0.6) is 5.88 Å². The van der Waals surface area contributed by atoms with Gasteiger partial charge in [0.2, 0.25) is 5.88 Å². The van der Waals surface area contributed by atoms with Gasteiger partial charge in [0.25, 0.3) is 11.5 Å². The molecule has 0 unspecified atom stereocenters. The zero-order valence-electron chi connectivity index (χ0n) is 26.1. The summed E-state index contributed by atoms with van der Waals surface area (Å²) in [5.74, 6) is -0.0558. The second kappa shape index (κ2) is 13.4. The topological polar surface area (TPSA) is 102 Å². The smallest absolute Gasteiger partial charge is 0.280 e. The summed E-state index contributed by atoms with van der Waals surface area (Å²) in [6.07, 6.45) is 3.76. The van der Waals surface area contributed by atoms with Crippen molar-refractivity contribution in [2.75, 3.05) is 30.0 Å². The highest BCUT2D eigenvalue weighted by Crippen LogP contribution is 2.35. The molecule has 2 heterocycles. The van der Waals surface area contributed by atoms with E-state index < -0.39 is 17.3 Å². The number of rotatable bonds is 10. The maximum atomic E-state index is 13.9. The molecule has 0 aliphatic rings. The Labute approximate surface area is 252 Å². The van der Waals surface area contributed by atoms with Gasteiger partial charge in [-0.05, 0) is 42.9 Å². The van der Waals surface area contributed by atoms with Gasteiger partial charge in [0, 0.05) is 36.3 Å². The molecule has 1 aromatic carbocycles. The molecule has 224 valence electrons. The highest BCUT2D eigenvalue weighted by Gasteiger charge is 2.26. The number of benzene rings is 1. The number of nitriles is 1. The van der Waals surface area contributed by atoms with Crippen molar-refractivity contribution in [3.8, 4) is 11.9 Å². The molecule has 0 spiro atoms. The minimum atomic E-state index is -0.658. The van der Waals surface area contributed by atoms with Gasteiger partial charge in [0.15, 0.2) is 5.13 Å². The van der Waals surface area contributed by atoms with Gasteiger partial charge < -0.3 is 10.0 Å². The Bertz CT molecular complexity index is 1610. The molecule has 0 saturated carbocycles. The van der Waals surface area contributed by atoms with Gasteiger partial charge in [0.05, 0.1) is 15.8 Å². The Balaban J connectivity index is 2.27. The lowest BCUT2D eigenvalue weighted by Crippen LogP contribution is -2.53. The van der Waals surface area contributed by atoms with Crippen LogP contribution in [0.3, 0.4) is 0 Å². The number of amides is 1. The molecule has 3 rings (SSSR count). The van der Waals surface area contributed by atoms with Gasteiger partial charge in [-0.15, -0.1) is 0 Å². The predicted molar refractivity (Wildman–Crippen MR) is 172 cm³/mol. The lowest BCUT2D eigenvalue weighted by Gasteiger charge is -2.24.